The Balaban J connectivity index is 1.82. The summed E-state index contributed by atoms with van der Waals surface area (Å²) in [5, 5.41) is 13.9. The van der Waals surface area contributed by atoms with Crippen LogP contribution in [0.15, 0.2) is 42.5 Å². The molecule has 0 saturated heterocycles. The Kier molecular flexibility index (Phi) is 5.20. The smallest absolute Gasteiger partial charge is 0.305 e. The van der Waals surface area contributed by atoms with E-state index >= 15 is 0 Å². The van der Waals surface area contributed by atoms with Crippen molar-refractivity contribution in [1.82, 2.24) is 5.32 Å². The van der Waals surface area contributed by atoms with Crippen molar-refractivity contribution >= 4 is 22.6 Å². The summed E-state index contributed by atoms with van der Waals surface area (Å²) in [6, 6.07) is 12.4. The molecule has 1 saturated carbocycles. The number of hydrogen-bond acceptors (Lipinski definition) is 2. The molecule has 1 fully saturated rings. The molecule has 1 amide bonds. The number of carbonyl (C=O) groups is 2. The highest BCUT2D eigenvalue weighted by Crippen LogP contribution is 2.36. The van der Waals surface area contributed by atoms with E-state index in [1.165, 1.54) is 0 Å². The average molecular weight is 361 g/mol. The van der Waals surface area contributed by atoms with Crippen molar-refractivity contribution in [1.29, 1.82) is 0 Å². The van der Waals surface area contributed by atoms with Crippen molar-refractivity contribution < 1.29 is 23.5 Å². The molecule has 2 aromatic rings. The molecule has 1 atom stereocenters. The molecule has 0 unspecified atom stereocenters. The van der Waals surface area contributed by atoms with Gasteiger partial charge >= 0.3 is 5.97 Å². The maximum Gasteiger partial charge on any atom is 0.305 e. The number of hydrogen-bond donors (Lipinski definition) is 2. The van der Waals surface area contributed by atoms with Crippen LogP contribution in [0.25, 0.3) is 10.8 Å². The molecule has 0 aliphatic heterocycles. The Bertz CT molecular complexity index is 806. The quantitative estimate of drug-likeness (QED) is 0.834. The lowest BCUT2D eigenvalue weighted by atomic mass is 9.85. The summed E-state index contributed by atoms with van der Waals surface area (Å²) in [6.07, 6.45) is -0.628. The largest absolute Gasteiger partial charge is 0.481 e. The molecule has 6 heteroatoms. The number of benzene rings is 2. The molecule has 0 bridgehead atoms. The monoisotopic (exact) mass is 361 g/mol. The van der Waals surface area contributed by atoms with Crippen LogP contribution in [0.5, 0.6) is 0 Å². The fourth-order valence-corrected chi connectivity index (χ4v) is 3.56. The molecule has 2 N–H and O–H groups in total. The lowest BCUT2D eigenvalue weighted by Crippen LogP contribution is -2.38. The minimum absolute atomic E-state index is 0.119. The first kappa shape index (κ1) is 18.3. The normalized spacial score (nSPS) is 18.4. The van der Waals surface area contributed by atoms with Crippen LogP contribution in [0.2, 0.25) is 0 Å². The van der Waals surface area contributed by atoms with Crippen LogP contribution in [0.3, 0.4) is 0 Å². The van der Waals surface area contributed by atoms with Gasteiger partial charge in [-0.3, -0.25) is 9.59 Å². The zero-order chi connectivity index (χ0) is 18.7. The number of halogens is 2. The second kappa shape index (κ2) is 7.40. The van der Waals surface area contributed by atoms with E-state index in [0.29, 0.717) is 0 Å². The lowest BCUT2D eigenvalue weighted by Gasteiger charge is -2.29. The van der Waals surface area contributed by atoms with E-state index in [9.17, 15) is 23.5 Å². The van der Waals surface area contributed by atoms with Crippen molar-refractivity contribution in [2.45, 2.75) is 44.1 Å². The van der Waals surface area contributed by atoms with Gasteiger partial charge in [-0.2, -0.15) is 0 Å². The third kappa shape index (κ3) is 4.18. The van der Waals surface area contributed by atoms with Crippen LogP contribution in [-0.2, 0) is 9.59 Å². The molecule has 1 aliphatic rings. The predicted octanol–water partition coefficient (Wildman–Crippen LogP) is 4.30. The van der Waals surface area contributed by atoms with Crippen molar-refractivity contribution in [3.8, 4) is 0 Å². The number of amides is 1. The van der Waals surface area contributed by atoms with Crippen LogP contribution in [0, 0.1) is 5.92 Å². The Hall–Kier alpha value is -2.50. The SMILES string of the molecule is O=C(O)C[C@@H](NC(=O)C1CCC(F)(F)CC1)c1cccc2ccccc12. The maximum absolute atomic E-state index is 13.3. The van der Waals surface area contributed by atoms with Gasteiger partial charge in [0, 0.05) is 18.8 Å². The van der Waals surface area contributed by atoms with E-state index in [2.05, 4.69) is 5.32 Å². The highest BCUT2D eigenvalue weighted by molar-refractivity contribution is 5.88. The van der Waals surface area contributed by atoms with E-state index in [0.717, 1.165) is 16.3 Å². The molecular weight excluding hydrogens is 340 g/mol. The van der Waals surface area contributed by atoms with E-state index in [-0.39, 0.29) is 38.0 Å². The molecular formula is C20H21F2NO3. The van der Waals surface area contributed by atoms with Crippen LogP contribution >= 0.6 is 0 Å². The molecule has 138 valence electrons. The van der Waals surface area contributed by atoms with Crippen LogP contribution in [0.1, 0.15) is 43.7 Å². The Morgan fingerprint density at radius 3 is 2.46 bits per heavy atom. The standard InChI is InChI=1S/C20H21F2NO3/c21-20(22)10-8-14(9-11-20)19(26)23-17(12-18(24)25)16-7-3-5-13-4-1-2-6-15(13)16/h1-7,14,17H,8-12H2,(H,23,26)(H,24,25)/t17-/m1/s1. The van der Waals surface area contributed by atoms with Crippen molar-refractivity contribution in [2.24, 2.45) is 5.92 Å². The molecule has 1 aliphatic carbocycles. The van der Waals surface area contributed by atoms with Gasteiger partial charge in [-0.15, -0.1) is 0 Å². The fourth-order valence-electron chi connectivity index (χ4n) is 3.56. The fraction of sp³-hybridized carbons (Fsp3) is 0.400. The van der Waals surface area contributed by atoms with Crippen LogP contribution in [0.4, 0.5) is 8.78 Å². The van der Waals surface area contributed by atoms with Gasteiger partial charge in [0.15, 0.2) is 0 Å². The summed E-state index contributed by atoms with van der Waals surface area (Å²) >= 11 is 0. The topological polar surface area (TPSA) is 66.4 Å². The molecule has 2 aromatic carbocycles. The van der Waals surface area contributed by atoms with E-state index in [4.69, 9.17) is 0 Å². The molecule has 3 rings (SSSR count). The Labute approximate surface area is 150 Å². The van der Waals surface area contributed by atoms with Gasteiger partial charge < -0.3 is 10.4 Å². The van der Waals surface area contributed by atoms with Gasteiger partial charge in [-0.05, 0) is 29.2 Å². The first-order valence-corrected chi connectivity index (χ1v) is 8.73. The number of carboxylic acid groups (broad SMARTS) is 1. The second-order valence-electron chi connectivity index (χ2n) is 6.86. The number of nitrogens with one attached hydrogen (secondary N) is 1. The average Bonchev–Trinajstić information content (AvgIpc) is 2.60. The van der Waals surface area contributed by atoms with Crippen molar-refractivity contribution in [3.63, 3.8) is 0 Å². The zero-order valence-electron chi connectivity index (χ0n) is 14.3. The number of aliphatic carboxylic acids is 1. The van der Waals surface area contributed by atoms with Gasteiger partial charge in [-0.25, -0.2) is 8.78 Å². The van der Waals surface area contributed by atoms with Crippen LogP contribution < -0.4 is 5.32 Å². The van der Waals surface area contributed by atoms with Gasteiger partial charge in [0.1, 0.15) is 0 Å². The third-order valence-corrected chi connectivity index (χ3v) is 4.98. The zero-order valence-corrected chi connectivity index (χ0v) is 14.3. The van der Waals surface area contributed by atoms with Gasteiger partial charge in [0.2, 0.25) is 11.8 Å². The summed E-state index contributed by atoms with van der Waals surface area (Å²) in [5.74, 6) is -4.58. The number of carboxylic acids is 1. The van der Waals surface area contributed by atoms with Crippen LogP contribution in [-0.4, -0.2) is 22.9 Å². The first-order valence-electron chi connectivity index (χ1n) is 8.73. The summed E-state index contributed by atoms with van der Waals surface area (Å²) in [7, 11) is 0. The third-order valence-electron chi connectivity index (χ3n) is 4.98. The van der Waals surface area contributed by atoms with Gasteiger partial charge in [0.05, 0.1) is 12.5 Å². The van der Waals surface area contributed by atoms with Crippen molar-refractivity contribution in [3.05, 3.63) is 48.0 Å². The van der Waals surface area contributed by atoms with E-state index in [1.54, 1.807) is 6.07 Å². The predicted molar refractivity (Wildman–Crippen MR) is 94.0 cm³/mol. The second-order valence-corrected chi connectivity index (χ2v) is 6.86. The summed E-state index contributed by atoms with van der Waals surface area (Å²) in [5.41, 5.74) is 0.722. The van der Waals surface area contributed by atoms with Crippen molar-refractivity contribution in [2.75, 3.05) is 0 Å². The minimum Gasteiger partial charge on any atom is -0.481 e. The summed E-state index contributed by atoms with van der Waals surface area (Å²) in [6.45, 7) is 0. The molecule has 0 spiro atoms. The molecule has 0 radical (unpaired) electrons. The number of alkyl halides is 2. The van der Waals surface area contributed by atoms with Gasteiger partial charge in [-0.1, -0.05) is 42.5 Å². The van der Waals surface area contributed by atoms with E-state index < -0.39 is 23.9 Å². The first-order chi connectivity index (χ1) is 12.4. The number of carbonyl (C=O) groups excluding carboxylic acids is 1. The Morgan fingerprint density at radius 2 is 1.77 bits per heavy atom. The minimum atomic E-state index is -2.70. The number of fused-ring (bicyclic) bond motifs is 1. The summed E-state index contributed by atoms with van der Waals surface area (Å²) < 4.78 is 26.6. The van der Waals surface area contributed by atoms with Gasteiger partial charge in [0.25, 0.3) is 0 Å². The summed E-state index contributed by atoms with van der Waals surface area (Å²) in [4.78, 5) is 23.9. The molecule has 26 heavy (non-hydrogen) atoms. The molecule has 4 nitrogen and oxygen atoms in total. The lowest BCUT2D eigenvalue weighted by molar-refractivity contribution is -0.138. The molecule has 0 aromatic heterocycles. The highest BCUT2D eigenvalue weighted by Gasteiger charge is 2.38. The Morgan fingerprint density at radius 1 is 1.12 bits per heavy atom. The number of rotatable bonds is 5. The van der Waals surface area contributed by atoms with E-state index in [1.807, 2.05) is 36.4 Å². The highest BCUT2D eigenvalue weighted by atomic mass is 19.3. The molecule has 0 heterocycles. The maximum atomic E-state index is 13.3.